The molecule has 0 amide bonds. The fourth-order valence-corrected chi connectivity index (χ4v) is 2.53. The van der Waals surface area contributed by atoms with E-state index in [0.717, 1.165) is 18.8 Å². The predicted octanol–water partition coefficient (Wildman–Crippen LogP) is 3.27. The summed E-state index contributed by atoms with van der Waals surface area (Å²) in [6, 6.07) is 4.39. The van der Waals surface area contributed by atoms with Crippen LogP contribution in [0.3, 0.4) is 0 Å². The number of aryl methyl sites for hydroxylation is 2. The van der Waals surface area contributed by atoms with Crippen molar-refractivity contribution < 1.29 is 0 Å². The Morgan fingerprint density at radius 3 is 2.25 bits per heavy atom. The van der Waals surface area contributed by atoms with Crippen molar-refractivity contribution in [3.8, 4) is 0 Å². The molecular formula is C14H22N2. The van der Waals surface area contributed by atoms with Gasteiger partial charge >= 0.3 is 0 Å². The zero-order valence-corrected chi connectivity index (χ0v) is 10.4. The van der Waals surface area contributed by atoms with Crippen LogP contribution in [0.2, 0.25) is 0 Å². The number of anilines is 2. The molecule has 1 aromatic carbocycles. The standard InChI is InChI=1S/C14H22N2/c1-11-9-12(2)14(15)13(10-11)16-7-5-3-4-6-8-16/h9-10H,3-8,15H2,1-2H3. The lowest BCUT2D eigenvalue weighted by Gasteiger charge is -2.25. The monoisotopic (exact) mass is 218 g/mol. The van der Waals surface area contributed by atoms with Crippen LogP contribution in [0.4, 0.5) is 11.4 Å². The molecule has 16 heavy (non-hydrogen) atoms. The van der Waals surface area contributed by atoms with Crippen molar-refractivity contribution in [3.63, 3.8) is 0 Å². The van der Waals surface area contributed by atoms with Crippen molar-refractivity contribution in [1.29, 1.82) is 0 Å². The Bertz CT molecular complexity index is 363. The SMILES string of the molecule is Cc1cc(C)c(N)c(N2CCCCCC2)c1. The lowest BCUT2D eigenvalue weighted by molar-refractivity contribution is 0.726. The summed E-state index contributed by atoms with van der Waals surface area (Å²) >= 11 is 0. The van der Waals surface area contributed by atoms with Crippen molar-refractivity contribution >= 4 is 11.4 Å². The Morgan fingerprint density at radius 1 is 1.00 bits per heavy atom. The van der Waals surface area contributed by atoms with Gasteiger partial charge in [0.25, 0.3) is 0 Å². The molecule has 0 unspecified atom stereocenters. The van der Waals surface area contributed by atoms with Crippen LogP contribution in [0.1, 0.15) is 36.8 Å². The zero-order valence-electron chi connectivity index (χ0n) is 10.4. The molecule has 1 aliphatic heterocycles. The molecule has 0 aromatic heterocycles. The molecule has 1 saturated heterocycles. The van der Waals surface area contributed by atoms with Gasteiger partial charge in [-0.15, -0.1) is 0 Å². The van der Waals surface area contributed by atoms with Crippen LogP contribution in [0, 0.1) is 13.8 Å². The van der Waals surface area contributed by atoms with Gasteiger partial charge in [-0.05, 0) is 43.9 Å². The minimum atomic E-state index is 0.965. The summed E-state index contributed by atoms with van der Waals surface area (Å²) in [6.07, 6.45) is 5.32. The molecule has 1 aromatic rings. The van der Waals surface area contributed by atoms with E-state index < -0.39 is 0 Å². The molecule has 88 valence electrons. The van der Waals surface area contributed by atoms with E-state index in [2.05, 4.69) is 30.9 Å². The Hall–Kier alpha value is -1.18. The first-order chi connectivity index (χ1) is 7.68. The molecule has 2 nitrogen and oxygen atoms in total. The van der Waals surface area contributed by atoms with E-state index in [1.807, 2.05) is 0 Å². The number of nitrogens with two attached hydrogens (primary N) is 1. The fourth-order valence-electron chi connectivity index (χ4n) is 2.53. The Balaban J connectivity index is 2.30. The highest BCUT2D eigenvalue weighted by Crippen LogP contribution is 2.29. The minimum Gasteiger partial charge on any atom is -0.397 e. The summed E-state index contributed by atoms with van der Waals surface area (Å²) in [6.45, 7) is 6.57. The topological polar surface area (TPSA) is 29.3 Å². The van der Waals surface area contributed by atoms with E-state index in [9.17, 15) is 0 Å². The van der Waals surface area contributed by atoms with E-state index in [1.165, 1.54) is 42.5 Å². The Kier molecular flexibility index (Phi) is 3.37. The molecule has 0 spiro atoms. The summed E-state index contributed by atoms with van der Waals surface area (Å²) in [5.41, 5.74) is 10.9. The third kappa shape index (κ3) is 2.31. The molecule has 0 atom stereocenters. The highest BCUT2D eigenvalue weighted by Gasteiger charge is 2.13. The maximum absolute atomic E-state index is 6.19. The molecule has 1 fully saturated rings. The van der Waals surface area contributed by atoms with E-state index >= 15 is 0 Å². The van der Waals surface area contributed by atoms with Gasteiger partial charge in [0.1, 0.15) is 0 Å². The molecule has 2 heteroatoms. The van der Waals surface area contributed by atoms with Crippen LogP contribution in [-0.4, -0.2) is 13.1 Å². The van der Waals surface area contributed by atoms with E-state index in [1.54, 1.807) is 0 Å². The normalized spacial score (nSPS) is 17.2. The lowest BCUT2D eigenvalue weighted by Crippen LogP contribution is -2.25. The van der Waals surface area contributed by atoms with Gasteiger partial charge in [-0.3, -0.25) is 0 Å². The van der Waals surface area contributed by atoms with Crippen LogP contribution >= 0.6 is 0 Å². The maximum Gasteiger partial charge on any atom is 0.0605 e. The number of nitrogen functional groups attached to an aromatic ring is 1. The largest absolute Gasteiger partial charge is 0.397 e. The van der Waals surface area contributed by atoms with Gasteiger partial charge in [-0.2, -0.15) is 0 Å². The van der Waals surface area contributed by atoms with Gasteiger partial charge in [0.05, 0.1) is 11.4 Å². The molecule has 0 bridgehead atoms. The van der Waals surface area contributed by atoms with Gasteiger partial charge < -0.3 is 10.6 Å². The Labute approximate surface area is 98.4 Å². The molecule has 1 heterocycles. The summed E-state index contributed by atoms with van der Waals surface area (Å²) in [5.74, 6) is 0. The first-order valence-corrected chi connectivity index (χ1v) is 6.30. The summed E-state index contributed by atoms with van der Waals surface area (Å²) < 4.78 is 0. The molecule has 0 aliphatic carbocycles. The third-order valence-corrected chi connectivity index (χ3v) is 3.46. The van der Waals surface area contributed by atoms with Crippen molar-refractivity contribution in [1.82, 2.24) is 0 Å². The van der Waals surface area contributed by atoms with Gasteiger partial charge in [-0.1, -0.05) is 18.9 Å². The van der Waals surface area contributed by atoms with Crippen molar-refractivity contribution in [2.75, 3.05) is 23.7 Å². The summed E-state index contributed by atoms with van der Waals surface area (Å²) in [7, 11) is 0. The molecule has 1 aliphatic rings. The average molecular weight is 218 g/mol. The molecule has 0 saturated carbocycles. The second-order valence-corrected chi connectivity index (χ2v) is 4.92. The van der Waals surface area contributed by atoms with Crippen molar-refractivity contribution in [2.24, 2.45) is 0 Å². The second-order valence-electron chi connectivity index (χ2n) is 4.92. The quantitative estimate of drug-likeness (QED) is 0.733. The van der Waals surface area contributed by atoms with Crippen molar-refractivity contribution in [2.45, 2.75) is 39.5 Å². The van der Waals surface area contributed by atoms with Gasteiger partial charge in [0.15, 0.2) is 0 Å². The zero-order chi connectivity index (χ0) is 11.5. The van der Waals surface area contributed by atoms with Gasteiger partial charge in [0, 0.05) is 13.1 Å². The van der Waals surface area contributed by atoms with Crippen LogP contribution in [0.25, 0.3) is 0 Å². The smallest absolute Gasteiger partial charge is 0.0605 e. The van der Waals surface area contributed by atoms with Crippen molar-refractivity contribution in [3.05, 3.63) is 23.3 Å². The highest BCUT2D eigenvalue weighted by atomic mass is 15.1. The molecule has 2 N–H and O–H groups in total. The van der Waals surface area contributed by atoms with Gasteiger partial charge in [0.2, 0.25) is 0 Å². The average Bonchev–Trinajstić information content (AvgIpc) is 2.51. The second kappa shape index (κ2) is 4.77. The highest BCUT2D eigenvalue weighted by molar-refractivity contribution is 5.72. The van der Waals surface area contributed by atoms with Crippen LogP contribution in [-0.2, 0) is 0 Å². The third-order valence-electron chi connectivity index (χ3n) is 3.46. The van der Waals surface area contributed by atoms with Crippen LogP contribution < -0.4 is 10.6 Å². The maximum atomic E-state index is 6.19. The van der Waals surface area contributed by atoms with Crippen LogP contribution in [0.5, 0.6) is 0 Å². The number of benzene rings is 1. The number of hydrogen-bond donors (Lipinski definition) is 1. The minimum absolute atomic E-state index is 0.965. The summed E-state index contributed by atoms with van der Waals surface area (Å²) in [5, 5.41) is 0. The van der Waals surface area contributed by atoms with Crippen LogP contribution in [0.15, 0.2) is 12.1 Å². The van der Waals surface area contributed by atoms with E-state index in [-0.39, 0.29) is 0 Å². The Morgan fingerprint density at radius 2 is 1.62 bits per heavy atom. The molecular weight excluding hydrogens is 196 g/mol. The first-order valence-electron chi connectivity index (χ1n) is 6.30. The number of nitrogens with zero attached hydrogens (tertiary/aromatic N) is 1. The van der Waals surface area contributed by atoms with E-state index in [0.29, 0.717) is 0 Å². The summed E-state index contributed by atoms with van der Waals surface area (Å²) in [4.78, 5) is 2.46. The molecule has 0 radical (unpaired) electrons. The molecule has 2 rings (SSSR count). The predicted molar refractivity (Wildman–Crippen MR) is 71.0 cm³/mol. The first kappa shape index (κ1) is 11.3. The number of hydrogen-bond acceptors (Lipinski definition) is 2. The van der Waals surface area contributed by atoms with E-state index in [4.69, 9.17) is 5.73 Å². The number of rotatable bonds is 1. The van der Waals surface area contributed by atoms with Gasteiger partial charge in [-0.25, -0.2) is 0 Å². The fraction of sp³-hybridized carbons (Fsp3) is 0.571. The lowest BCUT2D eigenvalue weighted by atomic mass is 10.1.